The third-order valence-electron chi connectivity index (χ3n) is 9.46. The van der Waals surface area contributed by atoms with Gasteiger partial charge < -0.3 is 24.7 Å². The fourth-order valence-corrected chi connectivity index (χ4v) is 6.84. The maximum absolute atomic E-state index is 13.0. The molecule has 1 saturated heterocycles. The number of hydrogen-bond acceptors (Lipinski definition) is 7. The number of methoxy groups -OCH3 is 1. The number of alkyl carbamates (subject to hydrolysis) is 1. The van der Waals surface area contributed by atoms with Crippen LogP contribution in [0.15, 0.2) is 23.0 Å². The normalized spacial score (nSPS) is 23.6. The van der Waals surface area contributed by atoms with Crippen molar-refractivity contribution in [1.82, 2.24) is 20.2 Å². The minimum atomic E-state index is -0.583. The van der Waals surface area contributed by atoms with Gasteiger partial charge in [0.2, 0.25) is 5.91 Å². The monoisotopic (exact) mass is 596 g/mol. The van der Waals surface area contributed by atoms with Gasteiger partial charge in [-0.1, -0.05) is 40.0 Å². The molecule has 10 nitrogen and oxygen atoms in total. The number of aromatic nitrogens is 2. The van der Waals surface area contributed by atoms with E-state index in [2.05, 4.69) is 22.2 Å². The molecule has 43 heavy (non-hydrogen) atoms. The van der Waals surface area contributed by atoms with Gasteiger partial charge in [0.1, 0.15) is 23.6 Å². The number of ether oxygens (including phenoxy) is 2. The van der Waals surface area contributed by atoms with Crippen molar-refractivity contribution in [3.05, 3.63) is 34.2 Å². The number of nitrogens with zero attached hydrogens (tertiary/aromatic N) is 2. The summed E-state index contributed by atoms with van der Waals surface area (Å²) in [6.07, 6.45) is 8.11. The van der Waals surface area contributed by atoms with Crippen LogP contribution < -0.4 is 15.6 Å². The molecule has 1 aliphatic carbocycles. The van der Waals surface area contributed by atoms with Gasteiger partial charge in [0, 0.05) is 18.5 Å². The van der Waals surface area contributed by atoms with E-state index in [1.54, 1.807) is 18.1 Å². The molecule has 1 aromatic heterocycles. The van der Waals surface area contributed by atoms with Crippen LogP contribution in [0.1, 0.15) is 91.2 Å². The molecule has 10 heteroatoms. The van der Waals surface area contributed by atoms with Crippen LogP contribution in [0, 0.1) is 17.8 Å². The van der Waals surface area contributed by atoms with Crippen molar-refractivity contribution in [2.75, 3.05) is 20.2 Å². The molecule has 1 saturated carbocycles. The number of hydrogen-bond donors (Lipinski definition) is 2. The molecule has 4 atom stereocenters. The second kappa shape index (κ2) is 14.4. The first kappa shape index (κ1) is 32.5. The van der Waals surface area contributed by atoms with Crippen molar-refractivity contribution in [3.8, 4) is 5.75 Å². The third kappa shape index (κ3) is 7.75. The molecule has 1 aromatic carbocycles. The fraction of sp³-hybridized carbons (Fsp3) is 0.667. The fourth-order valence-electron chi connectivity index (χ4n) is 6.84. The average molecular weight is 597 g/mol. The van der Waals surface area contributed by atoms with Crippen LogP contribution in [0.25, 0.3) is 11.0 Å². The SMILES string of the molecule is CC[C@@H]1CCN(C(=O)CNC(=O)OC2(C)CCC[C@H]2CCCCCc2nc3ccc(OC)cc3[nH]c2=O)[C@@H]1C(=O)C(C)C. The Balaban J connectivity index is 1.22. The van der Waals surface area contributed by atoms with Crippen molar-refractivity contribution in [3.63, 3.8) is 0 Å². The summed E-state index contributed by atoms with van der Waals surface area (Å²) in [4.78, 5) is 60.3. The molecule has 1 unspecified atom stereocenters. The maximum Gasteiger partial charge on any atom is 0.408 e. The summed E-state index contributed by atoms with van der Waals surface area (Å²) in [5.41, 5.74) is 1.19. The van der Waals surface area contributed by atoms with Gasteiger partial charge in [-0.15, -0.1) is 0 Å². The lowest BCUT2D eigenvalue weighted by Gasteiger charge is -2.32. The number of carbonyl (C=O) groups is 3. The highest BCUT2D eigenvalue weighted by Crippen LogP contribution is 2.41. The Bertz CT molecular complexity index is 1360. The molecule has 4 rings (SSSR count). The number of unbranched alkanes of at least 4 members (excludes halogenated alkanes) is 2. The zero-order valence-electron chi connectivity index (χ0n) is 26.4. The molecule has 2 fully saturated rings. The molecule has 0 spiro atoms. The Morgan fingerprint density at radius 3 is 2.70 bits per heavy atom. The molecule has 0 radical (unpaired) electrons. The van der Waals surface area contributed by atoms with Gasteiger partial charge in [0.05, 0.1) is 24.2 Å². The molecule has 2 aromatic rings. The molecular weight excluding hydrogens is 548 g/mol. The number of H-pyrrole nitrogens is 1. The smallest absolute Gasteiger partial charge is 0.408 e. The molecular formula is C33H48N4O6. The Labute approximate surface area is 254 Å². The Hall–Kier alpha value is -3.43. The third-order valence-corrected chi connectivity index (χ3v) is 9.46. The number of aryl methyl sites for hydroxylation is 1. The number of Topliss-reactive ketones (excluding diaryl/α,β-unsaturated/α-hetero) is 1. The topological polar surface area (TPSA) is 131 Å². The van der Waals surface area contributed by atoms with Crippen LogP contribution in [0.5, 0.6) is 5.75 Å². The highest BCUT2D eigenvalue weighted by Gasteiger charge is 2.43. The summed E-state index contributed by atoms with van der Waals surface area (Å²) < 4.78 is 11.1. The largest absolute Gasteiger partial charge is 0.497 e. The highest BCUT2D eigenvalue weighted by molar-refractivity contribution is 5.92. The van der Waals surface area contributed by atoms with E-state index in [0.717, 1.165) is 63.3 Å². The van der Waals surface area contributed by atoms with Crippen molar-refractivity contribution >= 4 is 28.8 Å². The lowest BCUT2D eigenvalue weighted by atomic mass is 9.87. The first-order valence-corrected chi connectivity index (χ1v) is 15.9. The number of nitrogens with one attached hydrogen (secondary N) is 2. The van der Waals surface area contributed by atoms with E-state index in [1.165, 1.54) is 0 Å². The number of fused-ring (bicyclic) bond motifs is 1. The summed E-state index contributed by atoms with van der Waals surface area (Å²) in [6.45, 7) is 8.14. The Morgan fingerprint density at radius 1 is 1.19 bits per heavy atom. The van der Waals surface area contributed by atoms with E-state index in [1.807, 2.05) is 32.9 Å². The van der Waals surface area contributed by atoms with E-state index >= 15 is 0 Å². The quantitative estimate of drug-likeness (QED) is 0.305. The van der Waals surface area contributed by atoms with E-state index < -0.39 is 17.7 Å². The summed E-state index contributed by atoms with van der Waals surface area (Å²) in [5.74, 6) is 0.781. The minimum Gasteiger partial charge on any atom is -0.497 e. The van der Waals surface area contributed by atoms with E-state index in [9.17, 15) is 19.2 Å². The standard InChI is InChI=1S/C33H48N4O6/c1-6-22-16-18-37(29(22)30(39)21(2)3)28(38)20-34-32(41)43-33(4)17-10-12-23(33)11-8-7-9-13-26-31(40)36-27-19-24(42-5)14-15-25(27)35-26/h14-15,19,21-23,29H,6-13,16-18,20H2,1-5H3,(H,34,41)(H,36,40)/t22-,23-,29+,33?/m1/s1. The number of rotatable bonds is 13. The lowest BCUT2D eigenvalue weighted by Crippen LogP contribution is -2.49. The van der Waals surface area contributed by atoms with Crippen molar-refractivity contribution in [2.24, 2.45) is 17.8 Å². The predicted octanol–water partition coefficient (Wildman–Crippen LogP) is 5.17. The number of aromatic amines is 1. The van der Waals surface area contributed by atoms with E-state index in [-0.39, 0.29) is 41.5 Å². The zero-order chi connectivity index (χ0) is 31.1. The number of likely N-dealkylation sites (tertiary alicyclic amines) is 1. The molecule has 0 bridgehead atoms. The van der Waals surface area contributed by atoms with Gasteiger partial charge in [-0.25, -0.2) is 9.78 Å². The minimum absolute atomic E-state index is 0.0861. The number of benzene rings is 1. The van der Waals surface area contributed by atoms with Gasteiger partial charge in [0.25, 0.3) is 5.56 Å². The van der Waals surface area contributed by atoms with Crippen LogP contribution in [-0.2, 0) is 20.7 Å². The summed E-state index contributed by atoms with van der Waals surface area (Å²) in [6, 6.07) is 5.04. The van der Waals surface area contributed by atoms with Crippen molar-refractivity contribution in [2.45, 2.75) is 104 Å². The first-order chi connectivity index (χ1) is 20.6. The van der Waals surface area contributed by atoms with Crippen LogP contribution >= 0.6 is 0 Å². The number of amides is 2. The molecule has 236 valence electrons. The van der Waals surface area contributed by atoms with Gasteiger partial charge in [-0.3, -0.25) is 14.4 Å². The molecule has 2 aliphatic rings. The van der Waals surface area contributed by atoms with Gasteiger partial charge in [-0.2, -0.15) is 0 Å². The van der Waals surface area contributed by atoms with Crippen molar-refractivity contribution < 1.29 is 23.9 Å². The van der Waals surface area contributed by atoms with Gasteiger partial charge in [0.15, 0.2) is 5.78 Å². The summed E-state index contributed by atoms with van der Waals surface area (Å²) in [5, 5.41) is 2.66. The van der Waals surface area contributed by atoms with E-state index in [0.29, 0.717) is 29.9 Å². The van der Waals surface area contributed by atoms with Gasteiger partial charge >= 0.3 is 6.09 Å². The van der Waals surface area contributed by atoms with Crippen LogP contribution in [-0.4, -0.2) is 64.5 Å². The maximum atomic E-state index is 13.0. The second-order valence-corrected chi connectivity index (χ2v) is 12.7. The average Bonchev–Trinajstić information content (AvgIpc) is 3.58. The Morgan fingerprint density at radius 2 is 1.98 bits per heavy atom. The van der Waals surface area contributed by atoms with Crippen LogP contribution in [0.3, 0.4) is 0 Å². The number of ketones is 1. The lowest BCUT2D eigenvalue weighted by molar-refractivity contribution is -0.139. The molecule has 2 N–H and O–H groups in total. The summed E-state index contributed by atoms with van der Waals surface area (Å²) >= 11 is 0. The Kier molecular flexibility index (Phi) is 10.8. The van der Waals surface area contributed by atoms with E-state index in [4.69, 9.17) is 9.47 Å². The number of carbonyl (C=O) groups excluding carboxylic acids is 3. The first-order valence-electron chi connectivity index (χ1n) is 15.9. The summed E-state index contributed by atoms with van der Waals surface area (Å²) in [7, 11) is 1.59. The van der Waals surface area contributed by atoms with Crippen molar-refractivity contribution in [1.29, 1.82) is 0 Å². The zero-order valence-corrected chi connectivity index (χ0v) is 26.4. The second-order valence-electron chi connectivity index (χ2n) is 12.7. The van der Waals surface area contributed by atoms with Crippen LogP contribution in [0.4, 0.5) is 4.79 Å². The highest BCUT2D eigenvalue weighted by atomic mass is 16.6. The molecule has 2 heterocycles. The molecule has 2 amide bonds. The van der Waals surface area contributed by atoms with Gasteiger partial charge in [-0.05, 0) is 75.8 Å². The molecule has 1 aliphatic heterocycles. The van der Waals surface area contributed by atoms with Crippen LogP contribution in [0.2, 0.25) is 0 Å². The predicted molar refractivity (Wildman–Crippen MR) is 165 cm³/mol.